The van der Waals surface area contributed by atoms with Crippen molar-refractivity contribution in [2.75, 3.05) is 13.1 Å². The van der Waals surface area contributed by atoms with Gasteiger partial charge in [-0.15, -0.1) is 0 Å². The summed E-state index contributed by atoms with van der Waals surface area (Å²) < 4.78 is 0. The molecule has 1 unspecified atom stereocenters. The number of carbonyl (C=O) groups excluding carboxylic acids is 2. The molecule has 2 amide bonds. The van der Waals surface area contributed by atoms with Crippen LogP contribution in [0.4, 0.5) is 0 Å². The highest BCUT2D eigenvalue weighted by Crippen LogP contribution is 2.24. The van der Waals surface area contributed by atoms with Gasteiger partial charge in [0.2, 0.25) is 11.8 Å². The Balaban J connectivity index is 1.97. The Bertz CT molecular complexity index is 445. The number of carbonyl (C=O) groups is 2. The first-order valence-electron chi connectivity index (χ1n) is 6.40. The van der Waals surface area contributed by atoms with Crippen LogP contribution in [0.15, 0.2) is 12.4 Å². The van der Waals surface area contributed by atoms with E-state index in [2.05, 4.69) is 9.97 Å². The molecule has 1 aliphatic heterocycles. The second-order valence-electron chi connectivity index (χ2n) is 4.87. The monoisotopic (exact) mass is 265 g/mol. The number of imidazole rings is 1. The minimum atomic E-state index is -0.840. The van der Waals surface area contributed by atoms with Crippen molar-refractivity contribution in [2.24, 2.45) is 11.5 Å². The zero-order valence-electron chi connectivity index (χ0n) is 10.7. The largest absolute Gasteiger partial charge is 0.370 e. The molecule has 0 spiro atoms. The van der Waals surface area contributed by atoms with Crippen LogP contribution < -0.4 is 11.5 Å². The van der Waals surface area contributed by atoms with Crippen LogP contribution in [-0.4, -0.2) is 45.8 Å². The smallest absolute Gasteiger partial charge is 0.240 e. The summed E-state index contributed by atoms with van der Waals surface area (Å²) >= 11 is 0. The fourth-order valence-electron chi connectivity index (χ4n) is 2.44. The molecule has 2 heterocycles. The van der Waals surface area contributed by atoms with Crippen LogP contribution in [0, 0.1) is 0 Å². The van der Waals surface area contributed by atoms with Gasteiger partial charge >= 0.3 is 0 Å². The van der Waals surface area contributed by atoms with E-state index in [0.29, 0.717) is 13.1 Å². The lowest BCUT2D eigenvalue weighted by molar-refractivity contribution is -0.135. The molecule has 104 valence electrons. The Morgan fingerprint density at radius 1 is 1.58 bits per heavy atom. The average Bonchev–Trinajstić information content (AvgIpc) is 2.91. The number of nitrogens with one attached hydrogen (secondary N) is 1. The van der Waals surface area contributed by atoms with Gasteiger partial charge in [-0.05, 0) is 12.8 Å². The maximum absolute atomic E-state index is 12.1. The maximum Gasteiger partial charge on any atom is 0.240 e. The number of aromatic nitrogens is 2. The third-order valence-corrected chi connectivity index (χ3v) is 3.38. The first kappa shape index (κ1) is 13.5. The molecule has 0 aliphatic carbocycles. The molecule has 1 aromatic rings. The van der Waals surface area contributed by atoms with Gasteiger partial charge in [0.15, 0.2) is 0 Å². The molecule has 1 aliphatic rings. The molecule has 2 rings (SSSR count). The number of rotatable bonds is 4. The lowest BCUT2D eigenvalue weighted by Gasteiger charge is -2.33. The molecule has 19 heavy (non-hydrogen) atoms. The molecule has 5 N–H and O–H groups in total. The topological polar surface area (TPSA) is 118 Å². The number of hydrogen-bond donors (Lipinski definition) is 3. The van der Waals surface area contributed by atoms with Gasteiger partial charge in [-0.2, -0.15) is 0 Å². The second-order valence-corrected chi connectivity index (χ2v) is 4.87. The van der Waals surface area contributed by atoms with E-state index in [1.54, 1.807) is 17.3 Å². The van der Waals surface area contributed by atoms with Crippen molar-refractivity contribution in [1.82, 2.24) is 14.9 Å². The minimum Gasteiger partial charge on any atom is -0.370 e. The van der Waals surface area contributed by atoms with Crippen LogP contribution in [0.5, 0.6) is 0 Å². The molecule has 7 heteroatoms. The maximum atomic E-state index is 12.1. The number of H-pyrrole nitrogens is 1. The van der Waals surface area contributed by atoms with E-state index in [4.69, 9.17) is 11.5 Å². The third kappa shape index (κ3) is 3.31. The number of nitrogens with two attached hydrogens (primary N) is 2. The standard InChI is InChI=1S/C12H19N5O2/c13-9(6-10(14)18)12(19)17-5-1-2-8(7-17)11-15-3-4-16-11/h3-4,8-9H,1-2,5-7,13H2,(H2,14,18)(H,15,16)/t8?,9-/m0/s1. The second kappa shape index (κ2) is 5.83. The van der Waals surface area contributed by atoms with Crippen LogP contribution in [0.1, 0.15) is 31.0 Å². The van der Waals surface area contributed by atoms with Gasteiger partial charge in [0, 0.05) is 31.4 Å². The molecule has 1 fully saturated rings. The number of aromatic amines is 1. The van der Waals surface area contributed by atoms with Gasteiger partial charge in [-0.1, -0.05) is 0 Å². The summed E-state index contributed by atoms with van der Waals surface area (Å²) in [7, 11) is 0. The van der Waals surface area contributed by atoms with E-state index >= 15 is 0 Å². The van der Waals surface area contributed by atoms with Crippen molar-refractivity contribution < 1.29 is 9.59 Å². The number of likely N-dealkylation sites (tertiary alicyclic amines) is 1. The molecule has 0 aromatic carbocycles. The Hall–Kier alpha value is -1.89. The summed E-state index contributed by atoms with van der Waals surface area (Å²) in [6.07, 6.45) is 5.26. The van der Waals surface area contributed by atoms with Crippen molar-refractivity contribution >= 4 is 11.8 Å². The zero-order chi connectivity index (χ0) is 13.8. The van der Waals surface area contributed by atoms with Gasteiger partial charge in [0.1, 0.15) is 5.82 Å². The number of piperidine rings is 1. The molecule has 1 aromatic heterocycles. The van der Waals surface area contributed by atoms with E-state index < -0.39 is 11.9 Å². The van der Waals surface area contributed by atoms with Crippen LogP contribution in [0.2, 0.25) is 0 Å². The quantitative estimate of drug-likeness (QED) is 0.668. The van der Waals surface area contributed by atoms with Gasteiger partial charge in [-0.25, -0.2) is 4.98 Å². The van der Waals surface area contributed by atoms with Crippen molar-refractivity contribution in [3.8, 4) is 0 Å². The van der Waals surface area contributed by atoms with Crippen LogP contribution in [0.25, 0.3) is 0 Å². The summed E-state index contributed by atoms with van der Waals surface area (Å²) in [6.45, 7) is 1.25. The normalized spacial score (nSPS) is 21.1. The molecular formula is C12H19N5O2. The average molecular weight is 265 g/mol. The summed E-state index contributed by atoms with van der Waals surface area (Å²) in [5, 5.41) is 0. The van der Waals surface area contributed by atoms with E-state index in [-0.39, 0.29) is 18.2 Å². The highest BCUT2D eigenvalue weighted by atomic mass is 16.2. The van der Waals surface area contributed by atoms with Gasteiger partial charge in [-0.3, -0.25) is 9.59 Å². The number of primary amides is 1. The fraction of sp³-hybridized carbons (Fsp3) is 0.583. The zero-order valence-corrected chi connectivity index (χ0v) is 10.7. The first-order valence-corrected chi connectivity index (χ1v) is 6.40. The SMILES string of the molecule is NC(=O)C[C@H](N)C(=O)N1CCCC(c2ncc[nH]2)C1. The number of hydrogen-bond acceptors (Lipinski definition) is 4. The van der Waals surface area contributed by atoms with Crippen molar-refractivity contribution in [3.63, 3.8) is 0 Å². The highest BCUT2D eigenvalue weighted by Gasteiger charge is 2.29. The molecule has 7 nitrogen and oxygen atoms in total. The summed E-state index contributed by atoms with van der Waals surface area (Å²) in [5.74, 6) is 0.324. The van der Waals surface area contributed by atoms with E-state index in [1.165, 1.54) is 0 Å². The predicted molar refractivity (Wildman–Crippen MR) is 68.9 cm³/mol. The van der Waals surface area contributed by atoms with E-state index in [1.807, 2.05) is 0 Å². The van der Waals surface area contributed by atoms with Crippen LogP contribution in [-0.2, 0) is 9.59 Å². The van der Waals surface area contributed by atoms with Crippen LogP contribution in [0.3, 0.4) is 0 Å². The van der Waals surface area contributed by atoms with Crippen molar-refractivity contribution in [3.05, 3.63) is 18.2 Å². The summed E-state index contributed by atoms with van der Waals surface area (Å²) in [4.78, 5) is 31.9. The highest BCUT2D eigenvalue weighted by molar-refractivity contribution is 5.87. The van der Waals surface area contributed by atoms with Crippen molar-refractivity contribution in [2.45, 2.75) is 31.2 Å². The molecule has 2 atom stereocenters. The lowest BCUT2D eigenvalue weighted by Crippen LogP contribution is -2.48. The molecular weight excluding hydrogens is 246 g/mol. The molecule has 1 saturated heterocycles. The Kier molecular flexibility index (Phi) is 4.16. The molecule has 0 saturated carbocycles. The number of amides is 2. The lowest BCUT2D eigenvalue weighted by atomic mass is 9.96. The Morgan fingerprint density at radius 3 is 3.00 bits per heavy atom. The third-order valence-electron chi connectivity index (χ3n) is 3.38. The predicted octanol–water partition coefficient (Wildman–Crippen LogP) is -0.682. The minimum absolute atomic E-state index is 0.110. The summed E-state index contributed by atoms with van der Waals surface area (Å²) in [6, 6.07) is -0.840. The van der Waals surface area contributed by atoms with E-state index in [0.717, 1.165) is 18.7 Å². The Morgan fingerprint density at radius 2 is 2.37 bits per heavy atom. The van der Waals surface area contributed by atoms with Crippen LogP contribution >= 0.6 is 0 Å². The fourth-order valence-corrected chi connectivity index (χ4v) is 2.44. The Labute approximate surface area is 111 Å². The number of nitrogens with zero attached hydrogens (tertiary/aromatic N) is 2. The van der Waals surface area contributed by atoms with Gasteiger partial charge in [0.05, 0.1) is 12.5 Å². The van der Waals surface area contributed by atoms with Crippen molar-refractivity contribution in [1.29, 1.82) is 0 Å². The van der Waals surface area contributed by atoms with E-state index in [9.17, 15) is 9.59 Å². The van der Waals surface area contributed by atoms with Gasteiger partial charge < -0.3 is 21.4 Å². The van der Waals surface area contributed by atoms with Gasteiger partial charge in [0.25, 0.3) is 0 Å². The summed E-state index contributed by atoms with van der Waals surface area (Å²) in [5.41, 5.74) is 10.8. The molecule has 0 bridgehead atoms. The first-order chi connectivity index (χ1) is 9.08. The molecule has 0 radical (unpaired) electrons.